The van der Waals surface area contributed by atoms with Gasteiger partial charge in [0.2, 0.25) is 5.91 Å². The first-order valence-electron chi connectivity index (χ1n) is 9.58. The third-order valence-electron chi connectivity index (χ3n) is 4.53. The molecule has 0 atom stereocenters. The molecule has 0 spiro atoms. The zero-order valence-electron chi connectivity index (χ0n) is 17.5. The fourth-order valence-electron chi connectivity index (χ4n) is 2.70. The molecule has 1 aliphatic rings. The number of hydrogen-bond donors (Lipinski definition) is 2. The molecule has 2 N–H and O–H groups in total. The first-order valence-corrected chi connectivity index (χ1v) is 10.0. The smallest absolute Gasteiger partial charge is 0.273 e. The number of hydrogen-bond acceptors (Lipinski definition) is 4. The molecule has 1 fully saturated rings. The minimum atomic E-state index is -0.639. The van der Waals surface area contributed by atoms with Crippen molar-refractivity contribution in [3.8, 4) is 0 Å². The van der Waals surface area contributed by atoms with Gasteiger partial charge in [-0.1, -0.05) is 26.5 Å². The van der Waals surface area contributed by atoms with E-state index < -0.39 is 5.24 Å². The van der Waals surface area contributed by atoms with E-state index in [0.717, 1.165) is 45.6 Å². The zero-order valence-corrected chi connectivity index (χ0v) is 18.3. The SMILES string of the molecule is CC(C)CCOC(C)(C)CCC(=O)N1CCN(C(C)C)CC1.NC(=O)S. The Hall–Kier alpha value is -0.790. The van der Waals surface area contributed by atoms with Crippen molar-refractivity contribution in [1.82, 2.24) is 9.80 Å². The minimum absolute atomic E-state index is 0.204. The molecule has 1 heterocycles. The van der Waals surface area contributed by atoms with Crippen LogP contribution in [0.2, 0.25) is 0 Å². The highest BCUT2D eigenvalue weighted by Gasteiger charge is 2.25. The van der Waals surface area contributed by atoms with Crippen molar-refractivity contribution < 1.29 is 14.3 Å². The van der Waals surface area contributed by atoms with E-state index in [9.17, 15) is 4.79 Å². The summed E-state index contributed by atoms with van der Waals surface area (Å²) in [7, 11) is 0. The number of nitrogens with zero attached hydrogens (tertiary/aromatic N) is 2. The summed E-state index contributed by atoms with van der Waals surface area (Å²) >= 11 is 3.10. The molecule has 1 saturated heterocycles. The van der Waals surface area contributed by atoms with Crippen LogP contribution in [0.25, 0.3) is 0 Å². The summed E-state index contributed by atoms with van der Waals surface area (Å²) in [4.78, 5) is 25.9. The summed E-state index contributed by atoms with van der Waals surface area (Å²) in [6.45, 7) is 17.5. The van der Waals surface area contributed by atoms with E-state index >= 15 is 0 Å². The molecule has 0 unspecified atom stereocenters. The molecular formula is C19H39N3O3S. The molecule has 0 bridgehead atoms. The third-order valence-corrected chi connectivity index (χ3v) is 4.53. The van der Waals surface area contributed by atoms with Crippen molar-refractivity contribution in [3.63, 3.8) is 0 Å². The second kappa shape index (κ2) is 12.6. The van der Waals surface area contributed by atoms with E-state index in [-0.39, 0.29) is 11.5 Å². The molecule has 6 nitrogen and oxygen atoms in total. The molecule has 0 aromatic heterocycles. The van der Waals surface area contributed by atoms with Crippen LogP contribution in [-0.2, 0) is 9.53 Å². The topological polar surface area (TPSA) is 75.9 Å². The molecule has 26 heavy (non-hydrogen) atoms. The first-order chi connectivity index (χ1) is 11.9. The lowest BCUT2D eigenvalue weighted by atomic mass is 10.0. The lowest BCUT2D eigenvalue weighted by Gasteiger charge is -2.37. The monoisotopic (exact) mass is 389 g/mol. The average Bonchev–Trinajstić information content (AvgIpc) is 2.51. The maximum atomic E-state index is 12.4. The van der Waals surface area contributed by atoms with Gasteiger partial charge >= 0.3 is 0 Å². The second-order valence-corrected chi connectivity index (χ2v) is 8.58. The van der Waals surface area contributed by atoms with Crippen molar-refractivity contribution in [2.45, 2.75) is 72.4 Å². The highest BCUT2D eigenvalue weighted by Crippen LogP contribution is 2.19. The van der Waals surface area contributed by atoms with Crippen molar-refractivity contribution in [2.24, 2.45) is 11.7 Å². The molecule has 154 valence electrons. The quantitative estimate of drug-likeness (QED) is 0.625. The lowest BCUT2D eigenvalue weighted by Crippen LogP contribution is -2.50. The minimum Gasteiger partial charge on any atom is -0.376 e. The number of carbonyl (C=O) groups excluding carboxylic acids is 2. The van der Waals surface area contributed by atoms with E-state index in [1.165, 1.54) is 0 Å². The largest absolute Gasteiger partial charge is 0.376 e. The number of piperazine rings is 1. The third kappa shape index (κ3) is 12.5. The van der Waals surface area contributed by atoms with E-state index in [1.54, 1.807) is 0 Å². The fraction of sp³-hybridized carbons (Fsp3) is 0.895. The van der Waals surface area contributed by atoms with E-state index in [4.69, 9.17) is 9.53 Å². The van der Waals surface area contributed by atoms with Gasteiger partial charge < -0.3 is 15.4 Å². The number of thiol groups is 1. The zero-order chi connectivity index (χ0) is 20.3. The van der Waals surface area contributed by atoms with E-state index in [0.29, 0.717) is 18.4 Å². The van der Waals surface area contributed by atoms with E-state index in [2.05, 4.69) is 64.8 Å². The Balaban J connectivity index is 0.00000141. The van der Waals surface area contributed by atoms with Gasteiger partial charge in [0, 0.05) is 45.2 Å². The molecule has 0 radical (unpaired) electrons. The van der Waals surface area contributed by atoms with Gasteiger partial charge in [-0.3, -0.25) is 14.5 Å². The molecule has 0 aliphatic carbocycles. The maximum absolute atomic E-state index is 12.4. The Labute approximate surface area is 165 Å². The van der Waals surface area contributed by atoms with Gasteiger partial charge in [0.15, 0.2) is 0 Å². The van der Waals surface area contributed by atoms with Crippen LogP contribution in [0.5, 0.6) is 0 Å². The highest BCUT2D eigenvalue weighted by molar-refractivity contribution is 7.96. The van der Waals surface area contributed by atoms with Gasteiger partial charge in [-0.15, -0.1) is 0 Å². The summed E-state index contributed by atoms with van der Waals surface area (Å²) < 4.78 is 5.95. The Morgan fingerprint density at radius 3 is 2.04 bits per heavy atom. The molecule has 1 rings (SSSR count). The summed E-state index contributed by atoms with van der Waals surface area (Å²) in [6, 6.07) is 0.575. The van der Waals surface area contributed by atoms with Crippen molar-refractivity contribution in [3.05, 3.63) is 0 Å². The molecule has 0 saturated carbocycles. The van der Waals surface area contributed by atoms with Crippen molar-refractivity contribution >= 4 is 23.8 Å². The van der Waals surface area contributed by atoms with Crippen molar-refractivity contribution in [2.75, 3.05) is 32.8 Å². The van der Waals surface area contributed by atoms with Gasteiger partial charge in [-0.05, 0) is 46.5 Å². The van der Waals surface area contributed by atoms with E-state index in [1.807, 2.05) is 4.90 Å². The average molecular weight is 390 g/mol. The highest BCUT2D eigenvalue weighted by atomic mass is 32.1. The van der Waals surface area contributed by atoms with Crippen LogP contribution in [0, 0.1) is 5.92 Å². The molecule has 2 amide bonds. The number of rotatable bonds is 8. The number of amides is 2. The molecule has 0 aromatic carbocycles. The number of primary amides is 1. The first kappa shape index (κ1) is 25.2. The molecule has 7 heteroatoms. The van der Waals surface area contributed by atoms with Gasteiger partial charge in [0.05, 0.1) is 5.60 Å². The number of carbonyl (C=O) groups is 2. The lowest BCUT2D eigenvalue weighted by molar-refractivity contribution is -0.135. The van der Waals surface area contributed by atoms with Crippen molar-refractivity contribution in [1.29, 1.82) is 0 Å². The Bertz CT molecular complexity index is 416. The van der Waals surface area contributed by atoms with Gasteiger partial charge in [0.25, 0.3) is 5.24 Å². The second-order valence-electron chi connectivity index (χ2n) is 8.14. The van der Waals surface area contributed by atoms with Gasteiger partial charge in [0.1, 0.15) is 0 Å². The summed E-state index contributed by atoms with van der Waals surface area (Å²) in [5, 5.41) is -0.639. The Morgan fingerprint density at radius 1 is 1.12 bits per heavy atom. The maximum Gasteiger partial charge on any atom is 0.273 e. The predicted molar refractivity (Wildman–Crippen MR) is 111 cm³/mol. The summed E-state index contributed by atoms with van der Waals surface area (Å²) in [5.41, 5.74) is 4.13. The predicted octanol–water partition coefficient (Wildman–Crippen LogP) is 3.16. The van der Waals surface area contributed by atoms with Crippen LogP contribution >= 0.6 is 12.6 Å². The molecule has 0 aromatic rings. The standard InChI is InChI=1S/C18H36N2O2.CH3NOS/c1-15(2)8-14-22-18(5,6)9-7-17(21)20-12-10-19(11-13-20)16(3)4;2-1(3)4/h15-16H,7-14H2,1-6H3;(H3,2,3,4). The van der Waals surface area contributed by atoms with Gasteiger partial charge in [-0.25, -0.2) is 0 Å². The number of ether oxygens (including phenoxy) is 1. The fourth-order valence-corrected chi connectivity index (χ4v) is 2.70. The molecule has 1 aliphatic heterocycles. The summed E-state index contributed by atoms with van der Waals surface area (Å²) in [6.07, 6.45) is 2.47. The van der Waals surface area contributed by atoms with Crippen LogP contribution in [0.4, 0.5) is 4.79 Å². The van der Waals surface area contributed by atoms with Crippen LogP contribution in [0.15, 0.2) is 0 Å². The normalized spacial score (nSPS) is 15.8. The van der Waals surface area contributed by atoms with Crippen LogP contribution in [-0.4, -0.2) is 65.4 Å². The van der Waals surface area contributed by atoms with Crippen LogP contribution in [0.3, 0.4) is 0 Å². The molecular weight excluding hydrogens is 350 g/mol. The Kier molecular flexibility index (Phi) is 12.2. The van der Waals surface area contributed by atoms with Gasteiger partial charge in [-0.2, -0.15) is 0 Å². The Morgan fingerprint density at radius 2 is 1.62 bits per heavy atom. The summed E-state index contributed by atoms with van der Waals surface area (Å²) in [5.74, 6) is 0.943. The van der Waals surface area contributed by atoms with Crippen LogP contribution in [0.1, 0.15) is 60.8 Å². The number of nitrogens with two attached hydrogens (primary N) is 1. The van der Waals surface area contributed by atoms with Crippen LogP contribution < -0.4 is 5.73 Å².